The van der Waals surface area contributed by atoms with Gasteiger partial charge in [-0.2, -0.15) is 5.26 Å². The van der Waals surface area contributed by atoms with Gasteiger partial charge >= 0.3 is 5.97 Å². The highest BCUT2D eigenvalue weighted by molar-refractivity contribution is 7.10. The summed E-state index contributed by atoms with van der Waals surface area (Å²) >= 11 is 1.54. The van der Waals surface area contributed by atoms with Crippen molar-refractivity contribution in [3.05, 3.63) is 58.3 Å². The minimum absolute atomic E-state index is 0.230. The van der Waals surface area contributed by atoms with E-state index < -0.39 is 5.41 Å². The Labute approximate surface area is 128 Å². The van der Waals surface area contributed by atoms with Gasteiger partial charge in [0.15, 0.2) is 0 Å². The smallest absolute Gasteiger partial charge is 0.305 e. The summed E-state index contributed by atoms with van der Waals surface area (Å²) in [6.45, 7) is 2.15. The number of hydrogen-bond acceptors (Lipinski definition) is 4. The maximum absolute atomic E-state index is 11.7. The molecule has 0 saturated heterocycles. The van der Waals surface area contributed by atoms with Gasteiger partial charge in [0, 0.05) is 11.3 Å². The van der Waals surface area contributed by atoms with Crippen LogP contribution in [0.15, 0.2) is 47.8 Å². The summed E-state index contributed by atoms with van der Waals surface area (Å²) in [6, 6.07) is 15.9. The number of rotatable bonds is 6. The van der Waals surface area contributed by atoms with Crippen LogP contribution in [0.1, 0.15) is 30.2 Å². The van der Waals surface area contributed by atoms with E-state index in [-0.39, 0.29) is 12.4 Å². The van der Waals surface area contributed by atoms with Crippen LogP contribution in [0.2, 0.25) is 0 Å². The minimum Gasteiger partial charge on any atom is -0.466 e. The molecule has 3 nitrogen and oxygen atoms in total. The molecule has 108 valence electrons. The van der Waals surface area contributed by atoms with Crippen molar-refractivity contribution in [1.82, 2.24) is 0 Å². The van der Waals surface area contributed by atoms with Crippen molar-refractivity contribution < 1.29 is 9.53 Å². The van der Waals surface area contributed by atoms with Crippen molar-refractivity contribution in [3.8, 4) is 6.07 Å². The Bertz CT molecular complexity index is 616. The third-order valence-electron chi connectivity index (χ3n) is 3.41. The first kappa shape index (κ1) is 15.3. The van der Waals surface area contributed by atoms with Crippen molar-refractivity contribution in [2.24, 2.45) is 0 Å². The molecule has 0 aliphatic heterocycles. The van der Waals surface area contributed by atoms with E-state index in [9.17, 15) is 10.1 Å². The van der Waals surface area contributed by atoms with Gasteiger partial charge in [-0.15, -0.1) is 11.3 Å². The van der Waals surface area contributed by atoms with E-state index in [1.807, 2.05) is 47.8 Å². The van der Waals surface area contributed by atoms with E-state index in [4.69, 9.17) is 4.74 Å². The minimum atomic E-state index is -0.789. The summed E-state index contributed by atoms with van der Waals surface area (Å²) in [5, 5.41) is 11.8. The highest BCUT2D eigenvalue weighted by Gasteiger charge is 2.36. The number of nitriles is 1. The summed E-state index contributed by atoms with van der Waals surface area (Å²) in [5.41, 5.74) is 0.126. The molecule has 1 aromatic heterocycles. The van der Waals surface area contributed by atoms with Crippen LogP contribution in [0, 0.1) is 11.3 Å². The second-order valence-corrected chi connectivity index (χ2v) is 5.61. The van der Waals surface area contributed by atoms with Crippen LogP contribution < -0.4 is 0 Å². The molecular weight excluding hydrogens is 282 g/mol. The molecule has 1 heterocycles. The third kappa shape index (κ3) is 3.32. The van der Waals surface area contributed by atoms with Gasteiger partial charge in [-0.05, 0) is 30.4 Å². The van der Waals surface area contributed by atoms with Crippen LogP contribution >= 0.6 is 11.3 Å². The fraction of sp³-hybridized carbons (Fsp3) is 0.294. The zero-order chi connectivity index (χ0) is 15.1. The van der Waals surface area contributed by atoms with Crippen molar-refractivity contribution in [1.29, 1.82) is 5.26 Å². The number of carbonyl (C=O) groups excluding carboxylic acids is 1. The Hall–Kier alpha value is -2.12. The second kappa shape index (κ2) is 7.05. The molecule has 0 fully saturated rings. The number of hydrogen-bond donors (Lipinski definition) is 0. The molecular formula is C17H17NO2S. The molecule has 0 bridgehead atoms. The maximum atomic E-state index is 11.7. The molecule has 0 aliphatic rings. The maximum Gasteiger partial charge on any atom is 0.305 e. The van der Waals surface area contributed by atoms with Crippen LogP contribution in [-0.4, -0.2) is 12.6 Å². The zero-order valence-corrected chi connectivity index (χ0v) is 12.7. The SMILES string of the molecule is CCOC(=O)CCC(C#N)(c1ccccc1)c1cccs1. The summed E-state index contributed by atoms with van der Waals surface area (Å²) in [7, 11) is 0. The molecule has 0 spiro atoms. The van der Waals surface area contributed by atoms with Crippen molar-refractivity contribution in [2.75, 3.05) is 6.61 Å². The monoisotopic (exact) mass is 299 g/mol. The van der Waals surface area contributed by atoms with E-state index in [1.165, 1.54) is 11.3 Å². The van der Waals surface area contributed by atoms with Gasteiger partial charge in [-0.25, -0.2) is 0 Å². The summed E-state index contributed by atoms with van der Waals surface area (Å²) in [6.07, 6.45) is 0.654. The van der Waals surface area contributed by atoms with Gasteiger partial charge in [0.2, 0.25) is 0 Å². The van der Waals surface area contributed by atoms with Gasteiger partial charge in [0.1, 0.15) is 5.41 Å². The number of esters is 1. The highest BCUT2D eigenvalue weighted by Crippen LogP contribution is 2.38. The molecule has 0 N–H and O–H groups in total. The lowest BCUT2D eigenvalue weighted by molar-refractivity contribution is -0.143. The molecule has 21 heavy (non-hydrogen) atoms. The molecule has 0 aliphatic carbocycles. The van der Waals surface area contributed by atoms with E-state index in [2.05, 4.69) is 6.07 Å². The van der Waals surface area contributed by atoms with Crippen LogP contribution in [0.25, 0.3) is 0 Å². The molecule has 1 atom stereocenters. The van der Waals surface area contributed by atoms with E-state index in [0.717, 1.165) is 10.4 Å². The summed E-state index contributed by atoms with van der Waals surface area (Å²) in [5.74, 6) is -0.260. The zero-order valence-electron chi connectivity index (χ0n) is 11.9. The van der Waals surface area contributed by atoms with Crippen LogP contribution in [0.4, 0.5) is 0 Å². The summed E-state index contributed by atoms with van der Waals surface area (Å²) < 4.78 is 4.99. The Morgan fingerprint density at radius 2 is 2.05 bits per heavy atom. The first-order valence-corrected chi connectivity index (χ1v) is 7.77. The van der Waals surface area contributed by atoms with E-state index in [0.29, 0.717) is 13.0 Å². The van der Waals surface area contributed by atoms with Crippen molar-refractivity contribution >= 4 is 17.3 Å². The van der Waals surface area contributed by atoms with Crippen LogP contribution in [-0.2, 0) is 14.9 Å². The molecule has 0 radical (unpaired) electrons. The number of nitrogens with zero attached hydrogens (tertiary/aromatic N) is 1. The topological polar surface area (TPSA) is 50.1 Å². The first-order chi connectivity index (χ1) is 10.2. The quantitative estimate of drug-likeness (QED) is 0.760. The lowest BCUT2D eigenvalue weighted by Gasteiger charge is -2.25. The normalized spacial score (nSPS) is 13.1. The van der Waals surface area contributed by atoms with E-state index >= 15 is 0 Å². The van der Waals surface area contributed by atoms with Gasteiger partial charge in [-0.1, -0.05) is 36.4 Å². The first-order valence-electron chi connectivity index (χ1n) is 6.89. The fourth-order valence-electron chi connectivity index (χ4n) is 2.35. The predicted molar refractivity (Wildman–Crippen MR) is 83.0 cm³/mol. The Kier molecular flexibility index (Phi) is 5.13. The average molecular weight is 299 g/mol. The number of ether oxygens (including phenoxy) is 1. The Morgan fingerprint density at radius 3 is 2.62 bits per heavy atom. The third-order valence-corrected chi connectivity index (χ3v) is 4.44. The van der Waals surface area contributed by atoms with Crippen molar-refractivity contribution in [3.63, 3.8) is 0 Å². The molecule has 0 saturated carbocycles. The summed E-state index contributed by atoms with van der Waals surface area (Å²) in [4.78, 5) is 12.6. The number of carbonyl (C=O) groups is 1. The molecule has 1 aromatic carbocycles. The van der Waals surface area contributed by atoms with Gasteiger partial charge < -0.3 is 4.74 Å². The van der Waals surface area contributed by atoms with Gasteiger partial charge in [-0.3, -0.25) is 4.79 Å². The molecule has 2 aromatic rings. The van der Waals surface area contributed by atoms with Gasteiger partial charge in [0.25, 0.3) is 0 Å². The molecule has 0 amide bonds. The average Bonchev–Trinajstić information content (AvgIpc) is 3.05. The van der Waals surface area contributed by atoms with E-state index in [1.54, 1.807) is 6.92 Å². The lowest BCUT2D eigenvalue weighted by atomic mass is 9.76. The molecule has 4 heteroatoms. The highest BCUT2D eigenvalue weighted by atomic mass is 32.1. The predicted octanol–water partition coefficient (Wildman–Crippen LogP) is 3.90. The Morgan fingerprint density at radius 1 is 1.29 bits per heavy atom. The van der Waals surface area contributed by atoms with Gasteiger partial charge in [0.05, 0.1) is 12.7 Å². The lowest BCUT2D eigenvalue weighted by Crippen LogP contribution is -2.26. The largest absolute Gasteiger partial charge is 0.466 e. The van der Waals surface area contributed by atoms with Crippen LogP contribution in [0.5, 0.6) is 0 Å². The standard InChI is InChI=1S/C17H17NO2S/c1-2-20-16(19)10-11-17(13-18,15-9-6-12-21-15)14-7-4-3-5-8-14/h3-9,12H,2,10-11H2,1H3. The fourth-order valence-corrected chi connectivity index (χ4v) is 3.28. The van der Waals surface area contributed by atoms with Crippen LogP contribution in [0.3, 0.4) is 0 Å². The molecule has 1 unspecified atom stereocenters. The van der Waals surface area contributed by atoms with Crippen molar-refractivity contribution in [2.45, 2.75) is 25.2 Å². The Balaban J connectivity index is 2.35. The second-order valence-electron chi connectivity index (χ2n) is 4.67. The molecule has 2 rings (SSSR count). The number of thiophene rings is 1. The number of benzene rings is 1.